The van der Waals surface area contributed by atoms with E-state index in [2.05, 4.69) is 23.5 Å². The number of thioether (sulfide) groups is 1. The lowest BCUT2D eigenvalue weighted by molar-refractivity contribution is 0.442. The maximum absolute atomic E-state index is 4.59. The van der Waals surface area contributed by atoms with Crippen LogP contribution < -0.4 is 5.32 Å². The van der Waals surface area contributed by atoms with Crippen molar-refractivity contribution in [1.29, 1.82) is 0 Å². The van der Waals surface area contributed by atoms with Crippen LogP contribution in [-0.4, -0.2) is 24.5 Å². The molecule has 3 heteroatoms. The van der Waals surface area contributed by atoms with Gasteiger partial charge in [0.1, 0.15) is 0 Å². The molecule has 0 bridgehead atoms. The third-order valence-corrected chi connectivity index (χ3v) is 6.35. The Labute approximate surface area is 168 Å². The van der Waals surface area contributed by atoms with Crippen LogP contribution in [-0.2, 0) is 0 Å². The highest BCUT2D eigenvalue weighted by Crippen LogP contribution is 2.17. The molecule has 1 atom stereocenters. The molecular formula is C23H46N2S. The fourth-order valence-electron chi connectivity index (χ4n) is 3.88. The van der Waals surface area contributed by atoms with E-state index < -0.39 is 0 Å². The summed E-state index contributed by atoms with van der Waals surface area (Å²) in [6, 6.07) is 0. The van der Waals surface area contributed by atoms with Crippen LogP contribution >= 0.6 is 11.8 Å². The Morgan fingerprint density at radius 1 is 0.769 bits per heavy atom. The van der Waals surface area contributed by atoms with Crippen molar-refractivity contribution in [2.24, 2.45) is 10.9 Å². The molecule has 1 aliphatic heterocycles. The molecule has 1 aliphatic rings. The van der Waals surface area contributed by atoms with E-state index in [9.17, 15) is 0 Å². The zero-order valence-corrected chi connectivity index (χ0v) is 18.7. The van der Waals surface area contributed by atoms with Crippen LogP contribution in [0.1, 0.15) is 116 Å². The van der Waals surface area contributed by atoms with Crippen LogP contribution in [0.25, 0.3) is 0 Å². The van der Waals surface area contributed by atoms with Gasteiger partial charge in [-0.2, -0.15) is 0 Å². The minimum absolute atomic E-state index is 0.776. The van der Waals surface area contributed by atoms with Crippen LogP contribution in [0, 0.1) is 5.92 Å². The molecule has 0 aromatic heterocycles. The number of nitrogens with zero attached hydrogens (tertiary/aromatic N) is 1. The lowest BCUT2D eigenvalue weighted by Crippen LogP contribution is -2.33. The van der Waals surface area contributed by atoms with Gasteiger partial charge in [-0.3, -0.25) is 4.99 Å². The minimum Gasteiger partial charge on any atom is -0.365 e. The maximum atomic E-state index is 4.59. The average Bonchev–Trinajstić information content (AvgIpc) is 2.68. The van der Waals surface area contributed by atoms with Gasteiger partial charge in [-0.1, -0.05) is 121 Å². The summed E-state index contributed by atoms with van der Waals surface area (Å²) in [4.78, 5) is 4.59. The van der Waals surface area contributed by atoms with Crippen LogP contribution in [0.15, 0.2) is 4.99 Å². The summed E-state index contributed by atoms with van der Waals surface area (Å²) >= 11 is 1.74. The lowest BCUT2D eigenvalue weighted by atomic mass is 9.99. The normalized spacial score (nSPS) is 17.2. The predicted octanol–water partition coefficient (Wildman–Crippen LogP) is 7.58. The first-order chi connectivity index (χ1) is 12.9. The Kier molecular flexibility index (Phi) is 16.7. The zero-order chi connectivity index (χ0) is 18.7. The topological polar surface area (TPSA) is 24.4 Å². The van der Waals surface area contributed by atoms with Crippen molar-refractivity contribution in [1.82, 2.24) is 5.32 Å². The highest BCUT2D eigenvalue weighted by atomic mass is 32.2. The molecule has 0 fully saturated rings. The summed E-state index contributed by atoms with van der Waals surface area (Å²) in [5.41, 5.74) is 0. The number of rotatable bonds is 17. The summed E-state index contributed by atoms with van der Waals surface area (Å²) in [5.74, 6) is 0.776. The summed E-state index contributed by atoms with van der Waals surface area (Å²) in [5, 5.41) is 4.57. The van der Waals surface area contributed by atoms with Gasteiger partial charge in [-0.25, -0.2) is 0 Å². The van der Waals surface area contributed by atoms with Crippen molar-refractivity contribution in [3.63, 3.8) is 0 Å². The van der Waals surface area contributed by atoms with Crippen molar-refractivity contribution in [2.45, 2.75) is 116 Å². The third kappa shape index (κ3) is 13.9. The molecule has 1 heterocycles. The fraction of sp³-hybridized carbons (Fsp3) is 0.957. The van der Waals surface area contributed by atoms with Crippen molar-refractivity contribution >= 4 is 16.9 Å². The van der Waals surface area contributed by atoms with Gasteiger partial charge in [-0.05, 0) is 18.6 Å². The van der Waals surface area contributed by atoms with E-state index in [1.807, 2.05) is 0 Å². The third-order valence-electron chi connectivity index (χ3n) is 5.69. The number of unbranched alkanes of at least 4 members (excludes halogenated alkanes) is 15. The van der Waals surface area contributed by atoms with Gasteiger partial charge >= 0.3 is 0 Å². The lowest BCUT2D eigenvalue weighted by Gasteiger charge is -2.21. The van der Waals surface area contributed by atoms with E-state index >= 15 is 0 Å². The van der Waals surface area contributed by atoms with Crippen LogP contribution in [0.3, 0.4) is 0 Å². The Balaban J connectivity index is 1.72. The zero-order valence-electron chi connectivity index (χ0n) is 17.9. The molecule has 1 rings (SSSR count). The van der Waals surface area contributed by atoms with Crippen molar-refractivity contribution < 1.29 is 0 Å². The molecule has 1 N–H and O–H groups in total. The summed E-state index contributed by atoms with van der Waals surface area (Å²) in [6.07, 6.45) is 26.7. The second kappa shape index (κ2) is 18.2. The second-order valence-electron chi connectivity index (χ2n) is 8.19. The SMILES string of the molecule is CCCCCCCCCCCCCCCCCCC1CN=C(SC)NC1. The molecule has 154 valence electrons. The quantitative estimate of drug-likeness (QED) is 0.262. The van der Waals surface area contributed by atoms with Gasteiger partial charge in [0.25, 0.3) is 0 Å². The first-order valence-electron chi connectivity index (χ1n) is 11.7. The number of nitrogens with one attached hydrogen (secondary N) is 1. The first-order valence-corrected chi connectivity index (χ1v) is 12.9. The van der Waals surface area contributed by atoms with Gasteiger partial charge in [-0.15, -0.1) is 0 Å². The standard InChI is InChI=1S/C23H46N2S/c1-3-4-5-6-7-8-9-10-11-12-13-14-15-16-17-18-19-22-20-24-23(26-2)25-21-22/h22H,3-21H2,1-2H3,(H,24,25). The largest absolute Gasteiger partial charge is 0.365 e. The highest BCUT2D eigenvalue weighted by Gasteiger charge is 2.13. The predicted molar refractivity (Wildman–Crippen MR) is 121 cm³/mol. The van der Waals surface area contributed by atoms with Crippen molar-refractivity contribution in [3.05, 3.63) is 0 Å². The Morgan fingerprint density at radius 2 is 1.23 bits per heavy atom. The molecule has 0 saturated carbocycles. The Bertz CT molecular complexity index is 330. The molecule has 1 unspecified atom stereocenters. The van der Waals surface area contributed by atoms with E-state index in [1.165, 1.54) is 109 Å². The molecule has 0 saturated heterocycles. The number of hydrogen-bond acceptors (Lipinski definition) is 3. The van der Waals surface area contributed by atoms with E-state index in [-0.39, 0.29) is 0 Å². The van der Waals surface area contributed by atoms with Crippen LogP contribution in [0.2, 0.25) is 0 Å². The van der Waals surface area contributed by atoms with E-state index in [0.29, 0.717) is 0 Å². The van der Waals surface area contributed by atoms with Crippen molar-refractivity contribution in [3.8, 4) is 0 Å². The van der Waals surface area contributed by atoms with Gasteiger partial charge in [0.05, 0.1) is 0 Å². The minimum atomic E-state index is 0.776. The molecule has 0 aromatic rings. The second-order valence-corrected chi connectivity index (χ2v) is 8.98. The highest BCUT2D eigenvalue weighted by molar-refractivity contribution is 8.13. The smallest absolute Gasteiger partial charge is 0.156 e. The number of amidine groups is 1. The van der Waals surface area contributed by atoms with Gasteiger partial charge in [0, 0.05) is 13.1 Å². The molecule has 2 nitrogen and oxygen atoms in total. The van der Waals surface area contributed by atoms with Gasteiger partial charge in [0.15, 0.2) is 5.17 Å². The van der Waals surface area contributed by atoms with Gasteiger partial charge < -0.3 is 5.32 Å². The Morgan fingerprint density at radius 3 is 1.62 bits per heavy atom. The molecule has 0 radical (unpaired) electrons. The molecular weight excluding hydrogens is 336 g/mol. The fourth-order valence-corrected chi connectivity index (χ4v) is 4.31. The van der Waals surface area contributed by atoms with Crippen LogP contribution in [0.4, 0.5) is 0 Å². The molecule has 0 amide bonds. The first kappa shape index (κ1) is 23.9. The monoisotopic (exact) mass is 382 g/mol. The molecule has 0 aromatic carbocycles. The molecule has 26 heavy (non-hydrogen) atoms. The maximum Gasteiger partial charge on any atom is 0.156 e. The summed E-state index contributed by atoms with van der Waals surface area (Å²) in [6.45, 7) is 4.48. The molecule has 0 aliphatic carbocycles. The van der Waals surface area contributed by atoms with Gasteiger partial charge in [0.2, 0.25) is 0 Å². The Hall–Kier alpha value is -0.180. The van der Waals surface area contributed by atoms with Crippen molar-refractivity contribution in [2.75, 3.05) is 19.3 Å². The van der Waals surface area contributed by atoms with E-state index in [4.69, 9.17) is 0 Å². The summed E-state index contributed by atoms with van der Waals surface area (Å²) in [7, 11) is 0. The number of aliphatic imine (C=N–C) groups is 1. The van der Waals surface area contributed by atoms with E-state index in [0.717, 1.165) is 24.2 Å². The number of hydrogen-bond donors (Lipinski definition) is 1. The molecule has 0 spiro atoms. The van der Waals surface area contributed by atoms with E-state index in [1.54, 1.807) is 11.8 Å². The summed E-state index contributed by atoms with van der Waals surface area (Å²) < 4.78 is 0. The average molecular weight is 383 g/mol. The van der Waals surface area contributed by atoms with Crippen LogP contribution in [0.5, 0.6) is 0 Å².